The standard InChI is InChI=1S/C20H23NO2/c1-14-3-8-19(15(2)13-14)20(23)21-11-9-17(10-12-21)16-4-6-18(22)7-5-16/h3-8,13,17,22H,9-12H2,1-2H3. The van der Waals surface area contributed by atoms with Crippen molar-refractivity contribution >= 4 is 5.91 Å². The van der Waals surface area contributed by atoms with E-state index in [1.807, 2.05) is 43.0 Å². The minimum Gasteiger partial charge on any atom is -0.508 e. The molecule has 0 atom stereocenters. The molecular weight excluding hydrogens is 286 g/mol. The number of phenolic OH excluding ortho intramolecular Hbond substituents is 1. The Morgan fingerprint density at radius 1 is 1.04 bits per heavy atom. The third-order valence-corrected chi connectivity index (χ3v) is 4.76. The zero-order chi connectivity index (χ0) is 16.4. The van der Waals surface area contributed by atoms with Gasteiger partial charge in [-0.25, -0.2) is 0 Å². The van der Waals surface area contributed by atoms with Crippen LogP contribution in [-0.4, -0.2) is 29.0 Å². The van der Waals surface area contributed by atoms with Crippen molar-refractivity contribution in [1.82, 2.24) is 4.90 Å². The van der Waals surface area contributed by atoms with Crippen LogP contribution in [0.3, 0.4) is 0 Å². The molecule has 2 aromatic carbocycles. The normalized spacial score (nSPS) is 15.7. The molecule has 1 heterocycles. The van der Waals surface area contributed by atoms with Crippen molar-refractivity contribution in [2.75, 3.05) is 13.1 Å². The van der Waals surface area contributed by atoms with E-state index in [4.69, 9.17) is 0 Å². The van der Waals surface area contributed by atoms with Crippen molar-refractivity contribution in [3.63, 3.8) is 0 Å². The number of carbonyl (C=O) groups is 1. The van der Waals surface area contributed by atoms with E-state index in [1.165, 1.54) is 11.1 Å². The minimum atomic E-state index is 0.145. The minimum absolute atomic E-state index is 0.145. The molecule has 0 saturated carbocycles. The molecule has 0 aliphatic carbocycles. The number of rotatable bonds is 2. The van der Waals surface area contributed by atoms with Gasteiger partial charge >= 0.3 is 0 Å². The number of likely N-dealkylation sites (tertiary alicyclic amines) is 1. The van der Waals surface area contributed by atoms with Crippen molar-refractivity contribution in [1.29, 1.82) is 0 Å². The molecule has 0 spiro atoms. The highest BCUT2D eigenvalue weighted by atomic mass is 16.3. The molecule has 23 heavy (non-hydrogen) atoms. The molecule has 1 saturated heterocycles. The summed E-state index contributed by atoms with van der Waals surface area (Å²) in [7, 11) is 0. The summed E-state index contributed by atoms with van der Waals surface area (Å²) < 4.78 is 0. The number of amides is 1. The first-order chi connectivity index (χ1) is 11.0. The molecular formula is C20H23NO2. The molecule has 1 aliphatic rings. The molecule has 1 fully saturated rings. The second-order valence-electron chi connectivity index (χ2n) is 6.48. The van der Waals surface area contributed by atoms with Crippen LogP contribution in [0.5, 0.6) is 5.75 Å². The fourth-order valence-corrected chi connectivity index (χ4v) is 3.39. The Kier molecular flexibility index (Phi) is 4.37. The number of nitrogens with zero attached hydrogens (tertiary/aromatic N) is 1. The predicted octanol–water partition coefficient (Wildman–Crippen LogP) is 4.03. The van der Waals surface area contributed by atoms with Crippen molar-refractivity contribution in [2.45, 2.75) is 32.6 Å². The average Bonchev–Trinajstić information content (AvgIpc) is 2.55. The van der Waals surface area contributed by atoms with Crippen LogP contribution in [0, 0.1) is 13.8 Å². The zero-order valence-electron chi connectivity index (χ0n) is 13.7. The van der Waals surface area contributed by atoms with Gasteiger partial charge in [0.2, 0.25) is 0 Å². The summed E-state index contributed by atoms with van der Waals surface area (Å²) in [5.74, 6) is 0.918. The maximum Gasteiger partial charge on any atom is 0.254 e. The number of hydrogen-bond donors (Lipinski definition) is 1. The first kappa shape index (κ1) is 15.6. The largest absolute Gasteiger partial charge is 0.508 e. The molecule has 0 unspecified atom stereocenters. The van der Waals surface area contributed by atoms with Gasteiger partial charge in [-0.15, -0.1) is 0 Å². The third kappa shape index (κ3) is 3.39. The summed E-state index contributed by atoms with van der Waals surface area (Å²) in [6.07, 6.45) is 1.95. The van der Waals surface area contributed by atoms with E-state index in [9.17, 15) is 9.90 Å². The smallest absolute Gasteiger partial charge is 0.254 e. The number of carbonyl (C=O) groups excluding carboxylic acids is 1. The highest BCUT2D eigenvalue weighted by Gasteiger charge is 2.25. The van der Waals surface area contributed by atoms with Crippen molar-refractivity contribution in [3.8, 4) is 5.75 Å². The Balaban J connectivity index is 1.66. The summed E-state index contributed by atoms with van der Waals surface area (Å²) in [5, 5.41) is 9.39. The lowest BCUT2D eigenvalue weighted by Gasteiger charge is -2.32. The van der Waals surface area contributed by atoms with E-state index in [0.29, 0.717) is 11.7 Å². The van der Waals surface area contributed by atoms with Gasteiger partial charge in [0.15, 0.2) is 0 Å². The summed E-state index contributed by atoms with van der Waals surface area (Å²) in [5.41, 5.74) is 4.31. The molecule has 1 aliphatic heterocycles. The van der Waals surface area contributed by atoms with Crippen molar-refractivity contribution < 1.29 is 9.90 Å². The monoisotopic (exact) mass is 309 g/mol. The maximum atomic E-state index is 12.7. The summed E-state index contributed by atoms with van der Waals surface area (Å²) in [6.45, 7) is 5.63. The van der Waals surface area contributed by atoms with Gasteiger partial charge in [0.05, 0.1) is 0 Å². The first-order valence-corrected chi connectivity index (χ1v) is 8.20. The number of aryl methyl sites for hydroxylation is 2. The van der Waals surface area contributed by atoms with E-state index in [0.717, 1.165) is 37.1 Å². The van der Waals surface area contributed by atoms with Crippen molar-refractivity contribution in [2.24, 2.45) is 0 Å². The molecule has 3 nitrogen and oxygen atoms in total. The molecule has 0 radical (unpaired) electrons. The number of piperidine rings is 1. The first-order valence-electron chi connectivity index (χ1n) is 8.20. The van der Waals surface area contributed by atoms with Gasteiger partial charge in [-0.05, 0) is 61.9 Å². The molecule has 3 heteroatoms. The molecule has 2 aromatic rings. The Morgan fingerprint density at radius 3 is 2.30 bits per heavy atom. The Labute approximate surface area is 137 Å². The second-order valence-corrected chi connectivity index (χ2v) is 6.48. The average molecular weight is 309 g/mol. The molecule has 0 bridgehead atoms. The Morgan fingerprint density at radius 2 is 1.70 bits per heavy atom. The van der Waals surface area contributed by atoms with Crippen LogP contribution in [0.4, 0.5) is 0 Å². The second kappa shape index (κ2) is 6.45. The van der Waals surface area contributed by atoms with Gasteiger partial charge in [0.25, 0.3) is 5.91 Å². The Bertz CT molecular complexity index is 698. The molecule has 1 amide bonds. The summed E-state index contributed by atoms with van der Waals surface area (Å²) in [4.78, 5) is 14.7. The molecule has 120 valence electrons. The van der Waals surface area contributed by atoms with Crippen LogP contribution in [0.1, 0.15) is 45.8 Å². The number of phenols is 1. The fraction of sp³-hybridized carbons (Fsp3) is 0.350. The highest BCUT2D eigenvalue weighted by Crippen LogP contribution is 2.29. The number of hydrogen-bond acceptors (Lipinski definition) is 2. The number of aromatic hydroxyl groups is 1. The zero-order valence-corrected chi connectivity index (χ0v) is 13.7. The van der Waals surface area contributed by atoms with Gasteiger partial charge < -0.3 is 10.0 Å². The lowest BCUT2D eigenvalue weighted by atomic mass is 9.89. The van der Waals surface area contributed by atoms with Gasteiger partial charge in [-0.3, -0.25) is 4.79 Å². The maximum absolute atomic E-state index is 12.7. The van der Waals surface area contributed by atoms with E-state index >= 15 is 0 Å². The van der Waals surface area contributed by atoms with Crippen LogP contribution in [0.2, 0.25) is 0 Å². The fourth-order valence-electron chi connectivity index (χ4n) is 3.39. The molecule has 3 rings (SSSR count). The summed E-state index contributed by atoms with van der Waals surface area (Å²) >= 11 is 0. The number of benzene rings is 2. The van der Waals surface area contributed by atoms with Crippen LogP contribution in [-0.2, 0) is 0 Å². The van der Waals surface area contributed by atoms with Crippen molar-refractivity contribution in [3.05, 3.63) is 64.7 Å². The Hall–Kier alpha value is -2.29. The van der Waals surface area contributed by atoms with E-state index in [1.54, 1.807) is 12.1 Å². The van der Waals surface area contributed by atoms with E-state index in [2.05, 4.69) is 6.07 Å². The third-order valence-electron chi connectivity index (χ3n) is 4.76. The lowest BCUT2D eigenvalue weighted by Crippen LogP contribution is -2.38. The lowest BCUT2D eigenvalue weighted by molar-refractivity contribution is 0.0712. The van der Waals surface area contributed by atoms with E-state index in [-0.39, 0.29) is 5.91 Å². The quantitative estimate of drug-likeness (QED) is 0.910. The van der Waals surface area contributed by atoms with Crippen LogP contribution >= 0.6 is 0 Å². The van der Waals surface area contributed by atoms with Gasteiger partial charge in [0, 0.05) is 18.7 Å². The SMILES string of the molecule is Cc1ccc(C(=O)N2CCC(c3ccc(O)cc3)CC2)c(C)c1. The van der Waals surface area contributed by atoms with E-state index < -0.39 is 0 Å². The van der Waals surface area contributed by atoms with Gasteiger partial charge in [-0.2, -0.15) is 0 Å². The van der Waals surface area contributed by atoms with Crippen LogP contribution < -0.4 is 0 Å². The van der Waals surface area contributed by atoms with Gasteiger partial charge in [-0.1, -0.05) is 29.8 Å². The highest BCUT2D eigenvalue weighted by molar-refractivity contribution is 5.95. The van der Waals surface area contributed by atoms with Gasteiger partial charge in [0.1, 0.15) is 5.75 Å². The topological polar surface area (TPSA) is 40.5 Å². The molecule has 0 aromatic heterocycles. The van der Waals surface area contributed by atoms with Crippen LogP contribution in [0.15, 0.2) is 42.5 Å². The summed E-state index contributed by atoms with van der Waals surface area (Å²) in [6, 6.07) is 13.5. The van der Waals surface area contributed by atoms with Crippen LogP contribution in [0.25, 0.3) is 0 Å². The molecule has 1 N–H and O–H groups in total. The predicted molar refractivity (Wildman–Crippen MR) is 91.9 cm³/mol.